The van der Waals surface area contributed by atoms with E-state index in [0.717, 1.165) is 86.8 Å². The number of hydrogen-bond acceptors (Lipinski definition) is 8. The Morgan fingerprint density at radius 1 is 1.02 bits per heavy atom. The summed E-state index contributed by atoms with van der Waals surface area (Å²) in [5.41, 5.74) is 3.70. The van der Waals surface area contributed by atoms with Gasteiger partial charge in [-0.3, -0.25) is 4.79 Å². The summed E-state index contributed by atoms with van der Waals surface area (Å²) in [7, 11) is 2.17. The van der Waals surface area contributed by atoms with Crippen LogP contribution in [0.4, 0.5) is 17.2 Å². The van der Waals surface area contributed by atoms with E-state index in [1.165, 1.54) is 0 Å². The fraction of sp³-hybridized carbons (Fsp3) is 0.588. The molecule has 3 N–H and O–H groups in total. The fourth-order valence-electron chi connectivity index (χ4n) is 5.57. The van der Waals surface area contributed by atoms with Crippen LogP contribution in [0.2, 0.25) is 0 Å². The Bertz CT molecular complexity index is 1290. The number of fused-ring (bicyclic) bond motifs is 1. The molecule has 9 nitrogen and oxygen atoms in total. The summed E-state index contributed by atoms with van der Waals surface area (Å²) in [5, 5.41) is 4.66. The standard InChI is InChI=1S/C30H44N8OS.2C2H6/c1-6-38(28-26(8-7-13-31-28)33-30(2,3)4)24-11-14-36(15-12-24)29(39)27-21-22-20-23(9-10-25(22)32-27)34-40-37-18-16-35(5)17-19-37;2*1-2/h7-10,13,20-21,24,32-34H,6,11-12,14-19H2,1-5H3;2*1-2H3. The zero-order valence-electron chi connectivity index (χ0n) is 28.5. The zero-order chi connectivity index (χ0) is 32.3. The van der Waals surface area contributed by atoms with Crippen LogP contribution in [0.3, 0.4) is 0 Å². The molecule has 44 heavy (non-hydrogen) atoms. The van der Waals surface area contributed by atoms with Gasteiger partial charge in [-0.2, -0.15) is 0 Å². The molecule has 4 heterocycles. The van der Waals surface area contributed by atoms with Crippen LogP contribution < -0.4 is 14.9 Å². The van der Waals surface area contributed by atoms with Gasteiger partial charge in [-0.25, -0.2) is 9.29 Å². The van der Waals surface area contributed by atoms with Crippen LogP contribution in [-0.4, -0.2) is 94.4 Å². The number of nitrogens with zero attached hydrogens (tertiary/aromatic N) is 5. The van der Waals surface area contributed by atoms with E-state index in [9.17, 15) is 4.79 Å². The van der Waals surface area contributed by atoms with E-state index in [-0.39, 0.29) is 11.4 Å². The van der Waals surface area contributed by atoms with Gasteiger partial charge >= 0.3 is 0 Å². The summed E-state index contributed by atoms with van der Waals surface area (Å²) >= 11 is 1.66. The first kappa shape index (κ1) is 35.5. The van der Waals surface area contributed by atoms with Gasteiger partial charge < -0.3 is 29.7 Å². The van der Waals surface area contributed by atoms with E-state index in [1.807, 2.05) is 50.9 Å². The van der Waals surface area contributed by atoms with Crippen LogP contribution >= 0.6 is 12.1 Å². The van der Waals surface area contributed by atoms with Crippen molar-refractivity contribution in [1.29, 1.82) is 0 Å². The Morgan fingerprint density at radius 3 is 2.34 bits per heavy atom. The van der Waals surface area contributed by atoms with E-state index in [0.29, 0.717) is 11.7 Å². The van der Waals surface area contributed by atoms with Gasteiger partial charge in [0.15, 0.2) is 5.82 Å². The van der Waals surface area contributed by atoms with Crippen molar-refractivity contribution < 1.29 is 4.79 Å². The maximum atomic E-state index is 13.5. The Labute approximate surface area is 270 Å². The van der Waals surface area contributed by atoms with Gasteiger partial charge in [0.1, 0.15) is 5.69 Å². The highest BCUT2D eigenvalue weighted by Crippen LogP contribution is 2.31. The van der Waals surface area contributed by atoms with Crippen LogP contribution in [0.1, 0.15) is 78.7 Å². The molecule has 2 fully saturated rings. The first-order valence-corrected chi connectivity index (χ1v) is 17.3. The molecule has 0 spiro atoms. The lowest BCUT2D eigenvalue weighted by Crippen LogP contribution is -2.47. The normalized spacial score (nSPS) is 16.4. The monoisotopic (exact) mass is 624 g/mol. The topological polar surface area (TPSA) is 82.8 Å². The van der Waals surface area contributed by atoms with E-state index >= 15 is 0 Å². The Hall–Kier alpha value is -2.95. The van der Waals surface area contributed by atoms with Crippen LogP contribution in [0.25, 0.3) is 10.9 Å². The van der Waals surface area contributed by atoms with Gasteiger partial charge in [-0.1, -0.05) is 27.7 Å². The number of piperazine rings is 1. The van der Waals surface area contributed by atoms with E-state index in [4.69, 9.17) is 4.98 Å². The quantitative estimate of drug-likeness (QED) is 0.228. The van der Waals surface area contributed by atoms with Crippen LogP contribution in [-0.2, 0) is 0 Å². The minimum atomic E-state index is -0.0488. The third-order valence-corrected chi connectivity index (χ3v) is 8.66. The average molecular weight is 625 g/mol. The molecule has 2 aliphatic heterocycles. The number of benzene rings is 1. The molecule has 0 bridgehead atoms. The Morgan fingerprint density at radius 2 is 1.70 bits per heavy atom. The van der Waals surface area contributed by atoms with E-state index in [1.54, 1.807) is 12.1 Å². The number of nitrogens with one attached hydrogen (secondary N) is 3. The smallest absolute Gasteiger partial charge is 0.270 e. The molecule has 0 unspecified atom stereocenters. The molecule has 0 aliphatic carbocycles. The van der Waals surface area contributed by atoms with Crippen molar-refractivity contribution in [2.24, 2.45) is 0 Å². The van der Waals surface area contributed by atoms with Crippen molar-refractivity contribution in [3.63, 3.8) is 0 Å². The Kier molecular flexibility index (Phi) is 13.7. The second-order valence-corrected chi connectivity index (χ2v) is 12.9. The summed E-state index contributed by atoms with van der Waals surface area (Å²) in [4.78, 5) is 28.3. The SMILES string of the molecule is CC.CC.CCN(c1ncccc1NC(C)(C)C)C1CCN(C(=O)c2cc3cc(NSN4CCN(C)CC4)ccc3[nH]2)CC1. The lowest BCUT2D eigenvalue weighted by molar-refractivity contribution is 0.0707. The zero-order valence-corrected chi connectivity index (χ0v) is 29.4. The number of pyridine rings is 1. The number of aromatic nitrogens is 2. The van der Waals surface area contributed by atoms with Crippen molar-refractivity contribution >= 4 is 46.1 Å². The second-order valence-electron chi connectivity index (χ2n) is 12.0. The molecular formula is C34H56N8OS. The number of carbonyl (C=O) groups excluding carboxylic acids is 1. The van der Waals surface area contributed by atoms with Crippen molar-refractivity contribution in [3.8, 4) is 0 Å². The highest BCUT2D eigenvalue weighted by molar-refractivity contribution is 7.98. The summed E-state index contributed by atoms with van der Waals surface area (Å²) < 4.78 is 5.83. The highest BCUT2D eigenvalue weighted by atomic mass is 32.2. The molecule has 5 rings (SSSR count). The van der Waals surface area contributed by atoms with Crippen LogP contribution in [0, 0.1) is 0 Å². The first-order valence-electron chi connectivity index (χ1n) is 16.5. The van der Waals surface area contributed by atoms with Crippen molar-refractivity contribution in [2.45, 2.75) is 79.8 Å². The number of hydrogen-bond donors (Lipinski definition) is 3. The molecule has 2 aliphatic rings. The van der Waals surface area contributed by atoms with E-state index < -0.39 is 0 Å². The number of carbonyl (C=O) groups is 1. The minimum Gasteiger partial charge on any atom is -0.377 e. The van der Waals surface area contributed by atoms with Gasteiger partial charge in [0.2, 0.25) is 0 Å². The lowest BCUT2D eigenvalue weighted by atomic mass is 10.0. The van der Waals surface area contributed by atoms with Crippen molar-refractivity contribution in [3.05, 3.63) is 48.3 Å². The predicted molar refractivity (Wildman–Crippen MR) is 191 cm³/mol. The molecule has 0 radical (unpaired) electrons. The van der Waals surface area contributed by atoms with Gasteiger partial charge in [0, 0.05) is 92.3 Å². The predicted octanol–water partition coefficient (Wildman–Crippen LogP) is 7.18. The molecule has 3 aromatic rings. The third-order valence-electron chi connectivity index (χ3n) is 7.71. The fourth-order valence-corrected chi connectivity index (χ4v) is 6.27. The minimum absolute atomic E-state index is 0.0488. The number of amides is 1. The molecule has 2 saturated heterocycles. The van der Waals surface area contributed by atoms with Gasteiger partial charge in [-0.05, 0) is 84.0 Å². The van der Waals surface area contributed by atoms with Crippen molar-refractivity contribution in [1.82, 2.24) is 24.1 Å². The average Bonchev–Trinajstić information content (AvgIpc) is 3.47. The molecule has 1 aromatic carbocycles. The summed E-state index contributed by atoms with van der Waals surface area (Å²) in [5.74, 6) is 1.07. The first-order chi connectivity index (χ1) is 21.2. The Balaban J connectivity index is 0.00000127. The summed E-state index contributed by atoms with van der Waals surface area (Å²) in [6, 6.07) is 12.7. The summed E-state index contributed by atoms with van der Waals surface area (Å²) in [6.07, 6.45) is 3.71. The van der Waals surface area contributed by atoms with Crippen LogP contribution in [0.15, 0.2) is 42.6 Å². The number of anilines is 3. The van der Waals surface area contributed by atoms with Gasteiger partial charge in [0.25, 0.3) is 5.91 Å². The molecular weight excluding hydrogens is 568 g/mol. The van der Waals surface area contributed by atoms with Gasteiger partial charge in [-0.15, -0.1) is 0 Å². The lowest BCUT2D eigenvalue weighted by Gasteiger charge is -2.39. The molecule has 0 saturated carbocycles. The maximum absolute atomic E-state index is 13.5. The highest BCUT2D eigenvalue weighted by Gasteiger charge is 2.29. The van der Waals surface area contributed by atoms with Gasteiger partial charge in [0.05, 0.1) is 5.69 Å². The third kappa shape index (κ3) is 9.52. The number of likely N-dealkylation sites (N-methyl/N-ethyl adjacent to an activating group) is 1. The largest absolute Gasteiger partial charge is 0.377 e. The maximum Gasteiger partial charge on any atom is 0.270 e. The number of aromatic amines is 1. The second kappa shape index (κ2) is 16.9. The number of H-pyrrole nitrogens is 1. The molecule has 2 aromatic heterocycles. The number of rotatable bonds is 8. The molecule has 244 valence electrons. The number of likely N-dealkylation sites (tertiary alicyclic amines) is 1. The molecule has 1 amide bonds. The van der Waals surface area contributed by atoms with E-state index in [2.05, 4.69) is 88.1 Å². The van der Waals surface area contributed by atoms with Crippen molar-refractivity contribution in [2.75, 3.05) is 67.8 Å². The number of piperidine rings is 1. The van der Waals surface area contributed by atoms with Crippen LogP contribution in [0.5, 0.6) is 0 Å². The summed E-state index contributed by atoms with van der Waals surface area (Å²) in [6.45, 7) is 23.3. The molecule has 0 atom stereocenters. The molecule has 10 heteroatoms.